The van der Waals surface area contributed by atoms with Gasteiger partial charge in [0.2, 0.25) is 5.91 Å². The van der Waals surface area contributed by atoms with E-state index in [1.54, 1.807) is 7.11 Å². The zero-order valence-electron chi connectivity index (χ0n) is 22.3. The van der Waals surface area contributed by atoms with Crippen LogP contribution in [-0.4, -0.2) is 46.5 Å². The lowest BCUT2D eigenvalue weighted by atomic mass is 9.70. The molecule has 1 saturated carbocycles. The average Bonchev–Trinajstić information content (AvgIpc) is 3.43. The molecule has 3 aliphatic heterocycles. The minimum absolute atomic E-state index is 0.00296. The Labute approximate surface area is 219 Å². The molecule has 2 amide bonds. The Bertz CT molecular complexity index is 1260. The number of carbonyl (C=O) groups is 2. The zero-order valence-corrected chi connectivity index (χ0v) is 22.3. The van der Waals surface area contributed by atoms with E-state index in [9.17, 15) is 9.59 Å². The molecule has 6 heteroatoms. The highest BCUT2D eigenvalue weighted by Gasteiger charge is 2.73. The van der Waals surface area contributed by atoms with Crippen LogP contribution in [-0.2, 0) is 21.5 Å². The molecule has 2 saturated heterocycles. The normalized spacial score (nSPS) is 28.4. The van der Waals surface area contributed by atoms with Crippen LogP contribution in [0.1, 0.15) is 64.0 Å². The van der Waals surface area contributed by atoms with Crippen molar-refractivity contribution in [1.82, 2.24) is 9.80 Å². The second-order valence-electron chi connectivity index (χ2n) is 12.0. The molecule has 4 aliphatic rings. The Balaban J connectivity index is 1.54. The molecule has 1 aliphatic carbocycles. The minimum Gasteiger partial charge on any atom is -0.497 e. The third-order valence-corrected chi connectivity index (χ3v) is 8.79. The molecule has 194 valence electrons. The van der Waals surface area contributed by atoms with Gasteiger partial charge in [-0.1, -0.05) is 55.7 Å². The molecule has 1 N–H and O–H groups in total. The zero-order chi connectivity index (χ0) is 25.9. The van der Waals surface area contributed by atoms with Crippen molar-refractivity contribution in [2.45, 2.75) is 82.6 Å². The Morgan fingerprint density at radius 2 is 1.73 bits per heavy atom. The summed E-state index contributed by atoms with van der Waals surface area (Å²) in [6.45, 7) is 6.65. The van der Waals surface area contributed by atoms with Gasteiger partial charge < -0.3 is 19.9 Å². The van der Waals surface area contributed by atoms with Gasteiger partial charge in [-0.15, -0.1) is 0 Å². The van der Waals surface area contributed by atoms with Crippen molar-refractivity contribution in [1.29, 1.82) is 0 Å². The first-order valence-corrected chi connectivity index (χ1v) is 13.6. The number of hydrogen-bond donors (Lipinski definition) is 1. The molecule has 1 spiro atoms. The maximum Gasteiger partial charge on any atom is 0.251 e. The highest BCUT2D eigenvalue weighted by Crippen LogP contribution is 2.60. The molecule has 3 atom stereocenters. The lowest BCUT2D eigenvalue weighted by Gasteiger charge is -2.39. The Morgan fingerprint density at radius 1 is 1.03 bits per heavy atom. The van der Waals surface area contributed by atoms with Crippen molar-refractivity contribution in [3.05, 3.63) is 71.3 Å². The van der Waals surface area contributed by atoms with Crippen molar-refractivity contribution in [2.75, 3.05) is 12.4 Å². The summed E-state index contributed by atoms with van der Waals surface area (Å²) in [4.78, 5) is 32.6. The number of ether oxygens (including phenoxy) is 1. The molecule has 0 aromatic heterocycles. The second-order valence-corrected chi connectivity index (χ2v) is 12.0. The molecule has 3 heterocycles. The van der Waals surface area contributed by atoms with Gasteiger partial charge in [-0.3, -0.25) is 9.59 Å². The molecule has 2 aromatic rings. The SMILES string of the molecule is COc1ccc(CN2C(=O)/C(=C/C3CCCCC3)[C@]34c5ccccc5N[C@H]3N(C(C)(C)C)C(=O)[C@H]24)cc1. The fourth-order valence-corrected chi connectivity index (χ4v) is 7.22. The first-order valence-electron chi connectivity index (χ1n) is 13.6. The van der Waals surface area contributed by atoms with Gasteiger partial charge in [0.25, 0.3) is 5.91 Å². The summed E-state index contributed by atoms with van der Waals surface area (Å²) >= 11 is 0. The van der Waals surface area contributed by atoms with Crippen LogP contribution < -0.4 is 10.1 Å². The van der Waals surface area contributed by atoms with Crippen molar-refractivity contribution in [3.8, 4) is 5.75 Å². The number of nitrogens with zero attached hydrogens (tertiary/aromatic N) is 2. The number of rotatable bonds is 4. The maximum atomic E-state index is 14.4. The van der Waals surface area contributed by atoms with E-state index >= 15 is 0 Å². The highest BCUT2D eigenvalue weighted by molar-refractivity contribution is 6.10. The Kier molecular flexibility index (Phi) is 5.62. The van der Waals surface area contributed by atoms with Crippen molar-refractivity contribution in [2.24, 2.45) is 5.92 Å². The molecule has 0 radical (unpaired) electrons. The van der Waals surface area contributed by atoms with Crippen LogP contribution in [0, 0.1) is 5.92 Å². The van der Waals surface area contributed by atoms with Gasteiger partial charge in [-0.2, -0.15) is 0 Å². The first kappa shape index (κ1) is 24.1. The second kappa shape index (κ2) is 8.64. The molecular weight excluding hydrogens is 462 g/mol. The number of benzene rings is 2. The van der Waals surface area contributed by atoms with Crippen LogP contribution in [0.2, 0.25) is 0 Å². The number of carbonyl (C=O) groups excluding carboxylic acids is 2. The van der Waals surface area contributed by atoms with Gasteiger partial charge in [0.1, 0.15) is 18.0 Å². The third-order valence-electron chi connectivity index (χ3n) is 8.79. The summed E-state index contributed by atoms with van der Waals surface area (Å²) in [6.07, 6.45) is 7.81. The number of likely N-dealkylation sites (tertiary alicyclic amines) is 2. The van der Waals surface area contributed by atoms with Crippen molar-refractivity contribution in [3.63, 3.8) is 0 Å². The molecule has 6 rings (SSSR count). The minimum atomic E-state index is -0.734. The monoisotopic (exact) mass is 499 g/mol. The lowest BCUT2D eigenvalue weighted by Crippen LogP contribution is -2.53. The molecule has 37 heavy (non-hydrogen) atoms. The highest BCUT2D eigenvalue weighted by atomic mass is 16.5. The van der Waals surface area contributed by atoms with Crippen LogP contribution in [0.4, 0.5) is 5.69 Å². The third kappa shape index (κ3) is 3.52. The molecule has 2 aromatic carbocycles. The maximum absolute atomic E-state index is 14.4. The predicted octanol–water partition coefficient (Wildman–Crippen LogP) is 5.24. The number of amides is 2. The molecule has 6 nitrogen and oxygen atoms in total. The molecule has 0 bridgehead atoms. The Hall–Kier alpha value is -3.28. The smallest absolute Gasteiger partial charge is 0.251 e. The van der Waals surface area contributed by atoms with Crippen molar-refractivity contribution >= 4 is 17.5 Å². The van der Waals surface area contributed by atoms with E-state index in [4.69, 9.17) is 4.74 Å². The van der Waals surface area contributed by atoms with Crippen LogP contribution >= 0.6 is 0 Å². The number of fused-ring (bicyclic) bond motifs is 1. The van der Waals surface area contributed by atoms with Gasteiger partial charge in [-0.05, 0) is 68.9 Å². The van der Waals surface area contributed by atoms with E-state index in [1.807, 2.05) is 46.2 Å². The molecule has 0 unspecified atom stereocenters. The summed E-state index contributed by atoms with van der Waals surface area (Å²) in [5.41, 5.74) is 2.74. The number of methoxy groups -OCH3 is 1. The van der Waals surface area contributed by atoms with E-state index in [0.29, 0.717) is 12.5 Å². The molecular formula is C31H37N3O3. The van der Waals surface area contributed by atoms with Crippen LogP contribution in [0.15, 0.2) is 60.2 Å². The fraction of sp³-hybridized carbons (Fsp3) is 0.484. The number of nitrogens with one attached hydrogen (secondary N) is 1. The summed E-state index contributed by atoms with van der Waals surface area (Å²) in [6, 6.07) is 15.5. The topological polar surface area (TPSA) is 61.9 Å². The van der Waals surface area contributed by atoms with Gasteiger partial charge in [-0.25, -0.2) is 0 Å². The van der Waals surface area contributed by atoms with E-state index in [-0.39, 0.29) is 18.0 Å². The lowest BCUT2D eigenvalue weighted by molar-refractivity contribution is -0.142. The van der Waals surface area contributed by atoms with Crippen LogP contribution in [0.5, 0.6) is 5.75 Å². The number of para-hydroxylation sites is 1. The average molecular weight is 500 g/mol. The van der Waals surface area contributed by atoms with Gasteiger partial charge in [0.15, 0.2) is 0 Å². The van der Waals surface area contributed by atoms with Crippen LogP contribution in [0.25, 0.3) is 0 Å². The van der Waals surface area contributed by atoms with Gasteiger partial charge >= 0.3 is 0 Å². The number of allylic oxidation sites excluding steroid dienone is 1. The van der Waals surface area contributed by atoms with Gasteiger partial charge in [0.05, 0.1) is 12.5 Å². The standard InChI is InChI=1S/C31H37N3O3/c1-30(2,3)34-28(36)26-31(23-12-8-9-13-25(23)32-29(31)34)24(18-20-10-6-5-7-11-20)27(35)33(26)19-21-14-16-22(37-4)17-15-21/h8-9,12-18,20,26,29,32H,5-7,10-11,19H2,1-4H3/b24-18-/t26-,29-,31-/m0/s1. The van der Waals surface area contributed by atoms with E-state index in [0.717, 1.165) is 41.0 Å². The fourth-order valence-electron chi connectivity index (χ4n) is 7.22. The Morgan fingerprint density at radius 3 is 2.41 bits per heavy atom. The number of hydrogen-bond acceptors (Lipinski definition) is 4. The molecule has 3 fully saturated rings. The summed E-state index contributed by atoms with van der Waals surface area (Å²) in [5.74, 6) is 1.16. The summed E-state index contributed by atoms with van der Waals surface area (Å²) in [7, 11) is 1.65. The first-order chi connectivity index (χ1) is 17.8. The predicted molar refractivity (Wildman–Crippen MR) is 144 cm³/mol. The summed E-state index contributed by atoms with van der Waals surface area (Å²) < 4.78 is 5.34. The summed E-state index contributed by atoms with van der Waals surface area (Å²) in [5, 5.41) is 3.70. The quantitative estimate of drug-likeness (QED) is 0.584. The van der Waals surface area contributed by atoms with Crippen LogP contribution in [0.3, 0.4) is 0 Å². The van der Waals surface area contributed by atoms with E-state index in [2.05, 4.69) is 44.3 Å². The van der Waals surface area contributed by atoms with E-state index < -0.39 is 17.0 Å². The van der Waals surface area contributed by atoms with Crippen molar-refractivity contribution < 1.29 is 14.3 Å². The number of anilines is 1. The largest absolute Gasteiger partial charge is 0.497 e. The van der Waals surface area contributed by atoms with Gasteiger partial charge in [0, 0.05) is 23.3 Å². The van der Waals surface area contributed by atoms with E-state index in [1.165, 1.54) is 19.3 Å².